The summed E-state index contributed by atoms with van der Waals surface area (Å²) in [4.78, 5) is 18.0. The van der Waals surface area contributed by atoms with E-state index in [-0.39, 0.29) is 23.0 Å². The topological polar surface area (TPSA) is 93.5 Å². The largest absolute Gasteiger partial charge is 0.344 e. The SMILES string of the molecule is CCS(=O)(=O)c1ccc([C@H](CC#N)NC(=O)c2ccc(N(CCN(C)C)c3cc(C4CC4)cc(C4CC4)c3)cc2)cc1. The quantitative estimate of drug-likeness (QED) is 0.253. The lowest BCUT2D eigenvalue weighted by atomic mass is 10.0. The molecule has 0 radical (unpaired) electrons. The summed E-state index contributed by atoms with van der Waals surface area (Å²) in [5.41, 5.74) is 6.33. The molecule has 8 heteroatoms. The van der Waals surface area contributed by atoms with E-state index in [1.165, 1.54) is 54.6 Å². The van der Waals surface area contributed by atoms with Crippen molar-refractivity contribution in [3.8, 4) is 6.07 Å². The van der Waals surface area contributed by atoms with Crippen LogP contribution in [0.5, 0.6) is 0 Å². The minimum absolute atomic E-state index is 0.0148. The number of carbonyl (C=O) groups is 1. The second kappa shape index (κ2) is 12.7. The number of hydrogen-bond acceptors (Lipinski definition) is 6. The molecule has 5 rings (SSSR count). The van der Waals surface area contributed by atoms with Crippen LogP contribution in [0.15, 0.2) is 71.6 Å². The van der Waals surface area contributed by atoms with Gasteiger partial charge >= 0.3 is 0 Å². The molecule has 2 saturated carbocycles. The molecule has 220 valence electrons. The molecule has 0 aromatic heterocycles. The Morgan fingerprint density at radius 3 is 2.00 bits per heavy atom. The van der Waals surface area contributed by atoms with Crippen molar-refractivity contribution < 1.29 is 13.2 Å². The molecule has 0 bridgehead atoms. The number of carbonyl (C=O) groups excluding carboxylic acids is 1. The van der Waals surface area contributed by atoms with E-state index >= 15 is 0 Å². The average Bonchev–Trinajstić information content (AvgIpc) is 3.90. The lowest BCUT2D eigenvalue weighted by Gasteiger charge is -2.28. The van der Waals surface area contributed by atoms with Gasteiger partial charge in [-0.2, -0.15) is 5.26 Å². The van der Waals surface area contributed by atoms with Crippen LogP contribution < -0.4 is 10.2 Å². The van der Waals surface area contributed by atoms with E-state index in [1.807, 2.05) is 24.3 Å². The number of nitrogens with zero attached hydrogens (tertiary/aromatic N) is 3. The predicted molar refractivity (Wildman–Crippen MR) is 167 cm³/mol. The smallest absolute Gasteiger partial charge is 0.251 e. The van der Waals surface area contributed by atoms with Gasteiger partial charge in [0.05, 0.1) is 29.2 Å². The lowest BCUT2D eigenvalue weighted by Crippen LogP contribution is -2.29. The molecule has 2 aliphatic carbocycles. The number of anilines is 2. The highest BCUT2D eigenvalue weighted by Crippen LogP contribution is 2.47. The fraction of sp³-hybridized carbons (Fsp3) is 0.412. The number of likely N-dealkylation sites (N-methyl/N-ethyl adjacent to an activating group) is 1. The van der Waals surface area contributed by atoms with Crippen LogP contribution in [0.4, 0.5) is 11.4 Å². The monoisotopic (exact) mass is 584 g/mol. The number of hydrogen-bond donors (Lipinski definition) is 1. The number of amides is 1. The van der Waals surface area contributed by atoms with Gasteiger partial charge in [-0.3, -0.25) is 4.79 Å². The maximum Gasteiger partial charge on any atom is 0.251 e. The first kappa shape index (κ1) is 29.8. The van der Waals surface area contributed by atoms with Gasteiger partial charge in [0.15, 0.2) is 9.84 Å². The third-order valence-corrected chi connectivity index (χ3v) is 9.96. The Balaban J connectivity index is 1.36. The average molecular weight is 585 g/mol. The second-order valence-corrected chi connectivity index (χ2v) is 14.0. The van der Waals surface area contributed by atoms with E-state index < -0.39 is 15.9 Å². The number of sulfone groups is 1. The highest BCUT2D eigenvalue weighted by molar-refractivity contribution is 7.91. The summed E-state index contributed by atoms with van der Waals surface area (Å²) in [5, 5.41) is 12.4. The first-order chi connectivity index (χ1) is 20.2. The first-order valence-electron chi connectivity index (χ1n) is 14.9. The van der Waals surface area contributed by atoms with Crippen molar-refractivity contribution in [2.75, 3.05) is 37.8 Å². The minimum Gasteiger partial charge on any atom is -0.344 e. The lowest BCUT2D eigenvalue weighted by molar-refractivity contribution is 0.0937. The molecular formula is C34H40N4O3S. The summed E-state index contributed by atoms with van der Waals surface area (Å²) < 4.78 is 24.4. The number of nitrogens with one attached hydrogen (secondary N) is 1. The molecule has 42 heavy (non-hydrogen) atoms. The van der Waals surface area contributed by atoms with Crippen LogP contribution in [-0.2, 0) is 9.84 Å². The van der Waals surface area contributed by atoms with E-state index in [0.717, 1.165) is 18.8 Å². The molecule has 0 spiro atoms. The third kappa shape index (κ3) is 7.21. The minimum atomic E-state index is -3.33. The molecule has 1 atom stereocenters. The van der Waals surface area contributed by atoms with Crippen molar-refractivity contribution in [2.24, 2.45) is 0 Å². The molecule has 0 heterocycles. The maximum atomic E-state index is 13.3. The Morgan fingerprint density at radius 1 is 0.905 bits per heavy atom. The summed E-state index contributed by atoms with van der Waals surface area (Å²) in [6.07, 6.45) is 5.14. The standard InChI is InChI=1S/C34H40N4O3S/c1-4-42(40,41)32-15-11-26(12-16-32)33(17-18-35)36-34(39)27-9-13-30(14-10-27)38(20-19-37(2)3)31-22-28(24-5-6-24)21-29(23-31)25-7-8-25/h9-16,21-25,33H,4-8,17,19-20H2,1-3H3,(H,36,39)/t33-/m0/s1. The van der Waals surface area contributed by atoms with Gasteiger partial charge in [-0.1, -0.05) is 25.1 Å². The first-order valence-corrected chi connectivity index (χ1v) is 16.5. The van der Waals surface area contributed by atoms with E-state index in [0.29, 0.717) is 23.0 Å². The summed E-state index contributed by atoms with van der Waals surface area (Å²) in [6.45, 7) is 3.32. The van der Waals surface area contributed by atoms with Gasteiger partial charge in [-0.25, -0.2) is 8.42 Å². The molecule has 0 aliphatic heterocycles. The Hall–Kier alpha value is -3.67. The zero-order chi connectivity index (χ0) is 29.9. The van der Waals surface area contributed by atoms with Crippen molar-refractivity contribution in [3.05, 3.63) is 89.0 Å². The maximum absolute atomic E-state index is 13.3. The molecule has 3 aromatic rings. The van der Waals surface area contributed by atoms with Crippen LogP contribution in [0.25, 0.3) is 0 Å². The van der Waals surface area contributed by atoms with Crippen LogP contribution in [0.1, 0.15) is 84.0 Å². The van der Waals surface area contributed by atoms with Crippen molar-refractivity contribution in [1.29, 1.82) is 5.26 Å². The van der Waals surface area contributed by atoms with Crippen LogP contribution in [-0.4, -0.2) is 52.2 Å². The summed E-state index contributed by atoms with van der Waals surface area (Å²) in [5.74, 6) is 1.09. The molecule has 7 nitrogen and oxygen atoms in total. The molecular weight excluding hydrogens is 544 g/mol. The fourth-order valence-corrected chi connectivity index (χ4v) is 6.16. The normalized spacial score (nSPS) is 15.7. The van der Waals surface area contributed by atoms with Gasteiger partial charge in [0.25, 0.3) is 5.91 Å². The predicted octanol–water partition coefficient (Wildman–Crippen LogP) is 6.32. The Morgan fingerprint density at radius 2 is 1.50 bits per heavy atom. The van der Waals surface area contributed by atoms with Gasteiger partial charge < -0.3 is 15.1 Å². The van der Waals surface area contributed by atoms with Crippen LogP contribution in [0.3, 0.4) is 0 Å². The van der Waals surface area contributed by atoms with Crippen molar-refractivity contribution in [3.63, 3.8) is 0 Å². The highest BCUT2D eigenvalue weighted by atomic mass is 32.2. The Labute approximate surface area is 250 Å². The summed E-state index contributed by atoms with van der Waals surface area (Å²) >= 11 is 0. The zero-order valence-corrected chi connectivity index (χ0v) is 25.5. The third-order valence-electron chi connectivity index (χ3n) is 8.21. The number of benzene rings is 3. The summed E-state index contributed by atoms with van der Waals surface area (Å²) in [6, 6.07) is 22.8. The Bertz CT molecular complexity index is 1520. The Kier molecular flexibility index (Phi) is 9.00. The van der Waals surface area contributed by atoms with E-state index in [4.69, 9.17) is 0 Å². The molecule has 1 amide bonds. The van der Waals surface area contributed by atoms with Crippen molar-refractivity contribution in [2.45, 2.75) is 61.8 Å². The number of rotatable bonds is 13. The van der Waals surface area contributed by atoms with Gasteiger partial charge in [0.1, 0.15) is 0 Å². The van der Waals surface area contributed by atoms with E-state index in [2.05, 4.69) is 53.5 Å². The van der Waals surface area contributed by atoms with Gasteiger partial charge in [-0.15, -0.1) is 0 Å². The molecule has 0 unspecified atom stereocenters. The fourth-order valence-electron chi connectivity index (χ4n) is 5.28. The van der Waals surface area contributed by atoms with Crippen molar-refractivity contribution >= 4 is 27.1 Å². The van der Waals surface area contributed by atoms with E-state index in [9.17, 15) is 18.5 Å². The highest BCUT2D eigenvalue weighted by Gasteiger charge is 2.29. The van der Waals surface area contributed by atoms with Gasteiger partial charge in [0, 0.05) is 30.0 Å². The van der Waals surface area contributed by atoms with Crippen LogP contribution >= 0.6 is 0 Å². The number of nitriles is 1. The van der Waals surface area contributed by atoms with E-state index in [1.54, 1.807) is 19.1 Å². The van der Waals surface area contributed by atoms with Crippen LogP contribution in [0, 0.1) is 11.3 Å². The molecule has 2 aliphatic rings. The van der Waals surface area contributed by atoms with Gasteiger partial charge in [0.2, 0.25) is 0 Å². The summed E-state index contributed by atoms with van der Waals surface area (Å²) in [7, 11) is 0.832. The van der Waals surface area contributed by atoms with Crippen LogP contribution in [0.2, 0.25) is 0 Å². The zero-order valence-electron chi connectivity index (χ0n) is 24.7. The molecule has 1 N–H and O–H groups in total. The van der Waals surface area contributed by atoms with Crippen molar-refractivity contribution in [1.82, 2.24) is 10.2 Å². The van der Waals surface area contributed by atoms with Gasteiger partial charge in [-0.05, 0) is 117 Å². The molecule has 3 aromatic carbocycles. The second-order valence-electron chi connectivity index (χ2n) is 11.8. The molecule has 0 saturated heterocycles. The molecule has 2 fully saturated rings.